The second kappa shape index (κ2) is 6.58. The lowest BCUT2D eigenvalue weighted by molar-refractivity contribution is 0.126. The Kier molecular flexibility index (Phi) is 5.07. The first kappa shape index (κ1) is 13.9. The first-order valence-corrected chi connectivity index (χ1v) is 7.51. The molecule has 0 bridgehead atoms. The van der Waals surface area contributed by atoms with Crippen molar-refractivity contribution in [3.8, 4) is 0 Å². The van der Waals surface area contributed by atoms with Crippen molar-refractivity contribution in [3.05, 3.63) is 11.8 Å². The van der Waals surface area contributed by atoms with Crippen LogP contribution in [0, 0.1) is 17.8 Å². The minimum absolute atomic E-state index is 0.235. The van der Waals surface area contributed by atoms with Crippen LogP contribution >= 0.6 is 0 Å². The third kappa shape index (κ3) is 3.27. The fraction of sp³-hybridized carbons (Fsp3) is 0.867. The molecule has 1 heterocycles. The molecule has 2 aliphatic rings. The molecule has 0 aromatic rings. The SMILES string of the molecule is CC(C)C1CCC(C(NN)C2=CCCCO2)CC1. The number of hydrazine groups is 1. The van der Waals surface area contributed by atoms with Crippen molar-refractivity contribution in [2.45, 2.75) is 58.4 Å². The molecule has 0 saturated heterocycles. The van der Waals surface area contributed by atoms with Crippen molar-refractivity contribution in [3.63, 3.8) is 0 Å². The normalized spacial score (nSPS) is 30.8. The van der Waals surface area contributed by atoms with E-state index in [2.05, 4.69) is 25.3 Å². The van der Waals surface area contributed by atoms with Crippen molar-refractivity contribution < 1.29 is 4.74 Å². The summed E-state index contributed by atoms with van der Waals surface area (Å²) in [6.45, 7) is 5.54. The quantitative estimate of drug-likeness (QED) is 0.597. The fourth-order valence-corrected chi connectivity index (χ4v) is 3.39. The molecule has 1 atom stereocenters. The predicted molar refractivity (Wildman–Crippen MR) is 74.7 cm³/mol. The molecule has 0 aromatic carbocycles. The third-order valence-electron chi connectivity index (χ3n) is 4.68. The summed E-state index contributed by atoms with van der Waals surface area (Å²) in [5.41, 5.74) is 2.99. The summed E-state index contributed by atoms with van der Waals surface area (Å²) in [5, 5.41) is 0. The Bertz CT molecular complexity index is 280. The maximum Gasteiger partial charge on any atom is 0.111 e. The van der Waals surface area contributed by atoms with Crippen LogP contribution in [-0.4, -0.2) is 12.6 Å². The monoisotopic (exact) mass is 252 g/mol. The molecule has 1 aliphatic heterocycles. The summed E-state index contributed by atoms with van der Waals surface area (Å²) in [6.07, 6.45) is 9.73. The highest BCUT2D eigenvalue weighted by Gasteiger charge is 2.31. The molecule has 0 amide bonds. The van der Waals surface area contributed by atoms with Gasteiger partial charge < -0.3 is 4.74 Å². The number of nitrogens with one attached hydrogen (secondary N) is 1. The first-order chi connectivity index (χ1) is 8.72. The van der Waals surface area contributed by atoms with Gasteiger partial charge in [0.2, 0.25) is 0 Å². The third-order valence-corrected chi connectivity index (χ3v) is 4.68. The van der Waals surface area contributed by atoms with Crippen molar-refractivity contribution in [1.29, 1.82) is 0 Å². The molecule has 0 aromatic heterocycles. The molecule has 18 heavy (non-hydrogen) atoms. The molecule has 1 aliphatic carbocycles. The van der Waals surface area contributed by atoms with E-state index in [1.165, 1.54) is 25.7 Å². The van der Waals surface area contributed by atoms with Gasteiger partial charge in [-0.25, -0.2) is 5.43 Å². The van der Waals surface area contributed by atoms with E-state index in [9.17, 15) is 0 Å². The van der Waals surface area contributed by atoms with E-state index in [1.807, 2.05) is 0 Å². The summed E-state index contributed by atoms with van der Waals surface area (Å²) in [5.74, 6) is 9.22. The lowest BCUT2D eigenvalue weighted by Gasteiger charge is -2.36. The summed E-state index contributed by atoms with van der Waals surface area (Å²) in [6, 6.07) is 0.235. The maximum absolute atomic E-state index is 5.78. The van der Waals surface area contributed by atoms with Crippen LogP contribution < -0.4 is 11.3 Å². The topological polar surface area (TPSA) is 47.3 Å². The number of rotatable bonds is 4. The molecule has 2 rings (SSSR count). The Hall–Kier alpha value is -0.540. The van der Waals surface area contributed by atoms with Gasteiger partial charge in [-0.3, -0.25) is 5.84 Å². The summed E-state index contributed by atoms with van der Waals surface area (Å²) < 4.78 is 5.78. The Morgan fingerprint density at radius 2 is 1.89 bits per heavy atom. The molecule has 1 saturated carbocycles. The number of hydrogen-bond acceptors (Lipinski definition) is 3. The molecule has 3 heteroatoms. The number of ether oxygens (including phenoxy) is 1. The Balaban J connectivity index is 1.91. The molecule has 0 spiro atoms. The molecule has 1 unspecified atom stereocenters. The zero-order valence-corrected chi connectivity index (χ0v) is 11.8. The van der Waals surface area contributed by atoms with Gasteiger partial charge in [-0.15, -0.1) is 0 Å². The standard InChI is InChI=1S/C15H28N2O/c1-11(2)12-6-8-13(9-7-12)15(17-16)14-5-3-4-10-18-14/h5,11-13,15,17H,3-4,6-10,16H2,1-2H3. The van der Waals surface area contributed by atoms with Gasteiger partial charge in [0.25, 0.3) is 0 Å². The van der Waals surface area contributed by atoms with Gasteiger partial charge in [0.15, 0.2) is 0 Å². The lowest BCUT2D eigenvalue weighted by atomic mass is 9.74. The maximum atomic E-state index is 5.78. The second-order valence-electron chi connectivity index (χ2n) is 6.16. The van der Waals surface area contributed by atoms with E-state index in [4.69, 9.17) is 10.6 Å². The van der Waals surface area contributed by atoms with Crippen LogP contribution in [0.1, 0.15) is 52.4 Å². The second-order valence-corrected chi connectivity index (χ2v) is 6.16. The van der Waals surface area contributed by atoms with Crippen LogP contribution in [0.25, 0.3) is 0 Å². The minimum atomic E-state index is 0.235. The van der Waals surface area contributed by atoms with Crippen molar-refractivity contribution in [2.24, 2.45) is 23.6 Å². The van der Waals surface area contributed by atoms with E-state index < -0.39 is 0 Å². The van der Waals surface area contributed by atoms with E-state index in [0.29, 0.717) is 5.92 Å². The largest absolute Gasteiger partial charge is 0.497 e. The van der Waals surface area contributed by atoms with Crippen LogP contribution in [0.3, 0.4) is 0 Å². The van der Waals surface area contributed by atoms with E-state index in [0.717, 1.165) is 37.0 Å². The first-order valence-electron chi connectivity index (χ1n) is 7.51. The van der Waals surface area contributed by atoms with Gasteiger partial charge in [-0.05, 0) is 62.4 Å². The molecule has 3 nitrogen and oxygen atoms in total. The molecule has 104 valence electrons. The number of allylic oxidation sites excluding steroid dienone is 1. The zero-order chi connectivity index (χ0) is 13.0. The van der Waals surface area contributed by atoms with Gasteiger partial charge in [0.1, 0.15) is 5.76 Å². The van der Waals surface area contributed by atoms with Gasteiger partial charge in [-0.1, -0.05) is 13.8 Å². The average Bonchev–Trinajstić information content (AvgIpc) is 2.41. The summed E-state index contributed by atoms with van der Waals surface area (Å²) in [7, 11) is 0. The van der Waals surface area contributed by atoms with E-state index in [-0.39, 0.29) is 6.04 Å². The van der Waals surface area contributed by atoms with Crippen molar-refractivity contribution in [1.82, 2.24) is 5.43 Å². The highest BCUT2D eigenvalue weighted by Crippen LogP contribution is 2.36. The van der Waals surface area contributed by atoms with Crippen LogP contribution in [0.4, 0.5) is 0 Å². The molecule has 3 N–H and O–H groups in total. The van der Waals surface area contributed by atoms with E-state index >= 15 is 0 Å². The highest BCUT2D eigenvalue weighted by molar-refractivity contribution is 5.07. The summed E-state index contributed by atoms with van der Waals surface area (Å²) in [4.78, 5) is 0. The number of nitrogens with two attached hydrogens (primary N) is 1. The van der Waals surface area contributed by atoms with Crippen LogP contribution in [0.2, 0.25) is 0 Å². The predicted octanol–water partition coefficient (Wildman–Crippen LogP) is 2.98. The van der Waals surface area contributed by atoms with Crippen LogP contribution in [-0.2, 0) is 4.74 Å². The van der Waals surface area contributed by atoms with E-state index in [1.54, 1.807) is 0 Å². The molecule has 0 radical (unpaired) electrons. The molecule has 1 fully saturated rings. The van der Waals surface area contributed by atoms with Gasteiger partial charge in [0, 0.05) is 0 Å². The van der Waals surface area contributed by atoms with Crippen molar-refractivity contribution in [2.75, 3.05) is 6.61 Å². The zero-order valence-electron chi connectivity index (χ0n) is 11.8. The van der Waals surface area contributed by atoms with Crippen LogP contribution in [0.5, 0.6) is 0 Å². The summed E-state index contributed by atoms with van der Waals surface area (Å²) >= 11 is 0. The minimum Gasteiger partial charge on any atom is -0.497 e. The number of hydrogen-bond donors (Lipinski definition) is 2. The Morgan fingerprint density at radius 3 is 2.39 bits per heavy atom. The lowest BCUT2D eigenvalue weighted by Crippen LogP contribution is -2.44. The van der Waals surface area contributed by atoms with Gasteiger partial charge >= 0.3 is 0 Å². The Morgan fingerprint density at radius 1 is 1.22 bits per heavy atom. The fourth-order valence-electron chi connectivity index (χ4n) is 3.39. The smallest absolute Gasteiger partial charge is 0.111 e. The molecular formula is C15H28N2O. The van der Waals surface area contributed by atoms with Crippen LogP contribution in [0.15, 0.2) is 11.8 Å². The van der Waals surface area contributed by atoms with Gasteiger partial charge in [-0.2, -0.15) is 0 Å². The highest BCUT2D eigenvalue weighted by atomic mass is 16.5. The van der Waals surface area contributed by atoms with Crippen molar-refractivity contribution >= 4 is 0 Å². The molecular weight excluding hydrogens is 224 g/mol. The Labute approximate surface area is 111 Å². The van der Waals surface area contributed by atoms with Gasteiger partial charge in [0.05, 0.1) is 12.6 Å². The average molecular weight is 252 g/mol.